The first-order valence-electron chi connectivity index (χ1n) is 7.53. The van der Waals surface area contributed by atoms with Gasteiger partial charge >= 0.3 is 0 Å². The van der Waals surface area contributed by atoms with Crippen molar-refractivity contribution in [2.24, 2.45) is 0 Å². The van der Waals surface area contributed by atoms with E-state index in [1.54, 1.807) is 37.4 Å². The molecule has 0 unspecified atom stereocenters. The SMILES string of the molecule is Cc1cc(Br)ccc1NC(=O)CN(C)C(=O)COc1cccc(Cl)c1. The van der Waals surface area contributed by atoms with Crippen LogP contribution in [-0.2, 0) is 9.59 Å². The molecule has 0 saturated carbocycles. The molecule has 0 aromatic heterocycles. The van der Waals surface area contributed by atoms with Crippen LogP contribution < -0.4 is 10.1 Å². The lowest BCUT2D eigenvalue weighted by atomic mass is 10.2. The molecule has 0 radical (unpaired) electrons. The Morgan fingerprint density at radius 3 is 2.68 bits per heavy atom. The van der Waals surface area contributed by atoms with E-state index in [4.69, 9.17) is 16.3 Å². The summed E-state index contributed by atoms with van der Waals surface area (Å²) >= 11 is 9.23. The molecule has 0 bridgehead atoms. The van der Waals surface area contributed by atoms with E-state index in [0.717, 1.165) is 10.0 Å². The number of likely N-dealkylation sites (N-methyl/N-ethyl adjacent to an activating group) is 1. The molecule has 0 aliphatic heterocycles. The number of carbonyl (C=O) groups excluding carboxylic acids is 2. The molecule has 1 N–H and O–H groups in total. The Bertz CT molecular complexity index is 783. The van der Waals surface area contributed by atoms with Crippen molar-refractivity contribution in [2.75, 3.05) is 25.5 Å². The fourth-order valence-electron chi connectivity index (χ4n) is 2.07. The number of nitrogens with one attached hydrogen (secondary N) is 1. The van der Waals surface area contributed by atoms with Gasteiger partial charge < -0.3 is 15.0 Å². The number of aryl methyl sites for hydroxylation is 1. The molecule has 2 rings (SSSR count). The quantitative estimate of drug-likeness (QED) is 0.764. The topological polar surface area (TPSA) is 58.6 Å². The van der Waals surface area contributed by atoms with Crippen molar-refractivity contribution >= 4 is 45.0 Å². The van der Waals surface area contributed by atoms with E-state index in [1.165, 1.54) is 4.90 Å². The molecule has 2 aromatic carbocycles. The van der Waals surface area contributed by atoms with E-state index in [0.29, 0.717) is 16.5 Å². The lowest BCUT2D eigenvalue weighted by Crippen LogP contribution is -2.37. The Morgan fingerprint density at radius 2 is 2.00 bits per heavy atom. The Hall–Kier alpha value is -2.05. The van der Waals surface area contributed by atoms with Gasteiger partial charge in [0.05, 0.1) is 6.54 Å². The molecule has 2 aromatic rings. The van der Waals surface area contributed by atoms with Gasteiger partial charge in [0.25, 0.3) is 5.91 Å². The monoisotopic (exact) mass is 424 g/mol. The van der Waals surface area contributed by atoms with Gasteiger partial charge in [-0.3, -0.25) is 9.59 Å². The molecule has 7 heteroatoms. The normalized spacial score (nSPS) is 10.2. The third-order valence-corrected chi connectivity index (χ3v) is 4.16. The number of anilines is 1. The highest BCUT2D eigenvalue weighted by Crippen LogP contribution is 2.20. The highest BCUT2D eigenvalue weighted by Gasteiger charge is 2.14. The lowest BCUT2D eigenvalue weighted by Gasteiger charge is -2.17. The number of halogens is 2. The highest BCUT2D eigenvalue weighted by atomic mass is 79.9. The second-order valence-corrected chi connectivity index (χ2v) is 6.86. The highest BCUT2D eigenvalue weighted by molar-refractivity contribution is 9.10. The lowest BCUT2D eigenvalue weighted by molar-refractivity contribution is -0.135. The molecule has 0 fully saturated rings. The van der Waals surface area contributed by atoms with Crippen LogP contribution in [0.4, 0.5) is 5.69 Å². The first-order valence-corrected chi connectivity index (χ1v) is 8.70. The zero-order valence-electron chi connectivity index (χ0n) is 13.9. The van der Waals surface area contributed by atoms with E-state index in [2.05, 4.69) is 21.2 Å². The molecule has 0 aliphatic rings. The predicted octanol–water partition coefficient (Wildman–Crippen LogP) is 3.89. The minimum atomic E-state index is -0.303. The van der Waals surface area contributed by atoms with E-state index in [-0.39, 0.29) is 25.0 Å². The van der Waals surface area contributed by atoms with Gasteiger partial charge in [0.15, 0.2) is 6.61 Å². The fourth-order valence-corrected chi connectivity index (χ4v) is 2.73. The van der Waals surface area contributed by atoms with Crippen LogP contribution in [0.1, 0.15) is 5.56 Å². The van der Waals surface area contributed by atoms with Crippen molar-refractivity contribution in [3.8, 4) is 5.75 Å². The zero-order valence-corrected chi connectivity index (χ0v) is 16.2. The smallest absolute Gasteiger partial charge is 0.260 e. The molecule has 0 aliphatic carbocycles. The van der Waals surface area contributed by atoms with Crippen LogP contribution in [0.3, 0.4) is 0 Å². The third-order valence-electron chi connectivity index (χ3n) is 3.43. The summed E-state index contributed by atoms with van der Waals surface area (Å²) in [6.45, 7) is 1.67. The van der Waals surface area contributed by atoms with Gasteiger partial charge in [0.2, 0.25) is 5.91 Å². The maximum atomic E-state index is 12.1. The van der Waals surface area contributed by atoms with Crippen molar-refractivity contribution in [1.82, 2.24) is 4.90 Å². The van der Waals surface area contributed by atoms with Crippen molar-refractivity contribution in [2.45, 2.75) is 6.92 Å². The minimum Gasteiger partial charge on any atom is -0.484 e. The minimum absolute atomic E-state index is 0.0623. The number of hydrogen-bond acceptors (Lipinski definition) is 3. The summed E-state index contributed by atoms with van der Waals surface area (Å²) in [7, 11) is 1.55. The first-order chi connectivity index (χ1) is 11.8. The number of ether oxygens (including phenoxy) is 1. The van der Waals surface area contributed by atoms with Gasteiger partial charge in [0.1, 0.15) is 5.75 Å². The molecule has 0 saturated heterocycles. The van der Waals surface area contributed by atoms with Gasteiger partial charge in [-0.2, -0.15) is 0 Å². The molecule has 0 spiro atoms. The number of nitrogens with zero attached hydrogens (tertiary/aromatic N) is 1. The van der Waals surface area contributed by atoms with Crippen molar-refractivity contribution in [1.29, 1.82) is 0 Å². The van der Waals surface area contributed by atoms with E-state index >= 15 is 0 Å². The van der Waals surface area contributed by atoms with Gasteiger partial charge in [0, 0.05) is 22.2 Å². The molecule has 2 amide bonds. The van der Waals surface area contributed by atoms with E-state index < -0.39 is 0 Å². The van der Waals surface area contributed by atoms with Crippen LogP contribution >= 0.6 is 27.5 Å². The van der Waals surface area contributed by atoms with Crippen LogP contribution in [-0.4, -0.2) is 36.9 Å². The molecule has 0 heterocycles. The molecule has 5 nitrogen and oxygen atoms in total. The van der Waals surface area contributed by atoms with Crippen LogP contribution in [0, 0.1) is 6.92 Å². The third kappa shape index (κ3) is 6.07. The summed E-state index contributed by atoms with van der Waals surface area (Å²) in [5.74, 6) is -0.0733. The number of rotatable bonds is 6. The number of amides is 2. The zero-order chi connectivity index (χ0) is 18.4. The van der Waals surface area contributed by atoms with Crippen LogP contribution in [0.25, 0.3) is 0 Å². The van der Waals surface area contributed by atoms with Crippen LogP contribution in [0.2, 0.25) is 5.02 Å². The van der Waals surface area contributed by atoms with E-state index in [1.807, 2.05) is 19.1 Å². The van der Waals surface area contributed by atoms with Gasteiger partial charge in [-0.25, -0.2) is 0 Å². The second-order valence-electron chi connectivity index (χ2n) is 5.50. The summed E-state index contributed by atoms with van der Waals surface area (Å²) in [5, 5.41) is 3.32. The first kappa shape index (κ1) is 19.3. The Kier molecular flexibility index (Phi) is 6.84. The van der Waals surface area contributed by atoms with Crippen molar-refractivity contribution in [3.63, 3.8) is 0 Å². The Balaban J connectivity index is 1.84. The van der Waals surface area contributed by atoms with Crippen molar-refractivity contribution < 1.29 is 14.3 Å². The number of hydrogen-bond donors (Lipinski definition) is 1. The maximum Gasteiger partial charge on any atom is 0.260 e. The molecule has 25 heavy (non-hydrogen) atoms. The van der Waals surface area contributed by atoms with E-state index in [9.17, 15) is 9.59 Å². The number of carbonyl (C=O) groups is 2. The summed E-state index contributed by atoms with van der Waals surface area (Å²) in [6.07, 6.45) is 0. The standard InChI is InChI=1S/C18H18BrClN2O3/c1-12-8-13(19)6-7-16(12)21-17(23)10-22(2)18(24)11-25-15-5-3-4-14(20)9-15/h3-9H,10-11H2,1-2H3,(H,21,23). The largest absolute Gasteiger partial charge is 0.484 e. The fraction of sp³-hybridized carbons (Fsp3) is 0.222. The van der Waals surface area contributed by atoms with Gasteiger partial charge in [-0.05, 0) is 48.9 Å². The molecular weight excluding hydrogens is 408 g/mol. The second kappa shape index (κ2) is 8.87. The predicted molar refractivity (Wildman–Crippen MR) is 102 cm³/mol. The summed E-state index contributed by atoms with van der Waals surface area (Å²) in [4.78, 5) is 25.5. The van der Waals surface area contributed by atoms with Gasteiger partial charge in [-0.1, -0.05) is 33.6 Å². The summed E-state index contributed by atoms with van der Waals surface area (Å²) < 4.78 is 6.33. The Morgan fingerprint density at radius 1 is 1.24 bits per heavy atom. The van der Waals surface area contributed by atoms with Crippen LogP contribution in [0.15, 0.2) is 46.9 Å². The van der Waals surface area contributed by atoms with Crippen molar-refractivity contribution in [3.05, 3.63) is 57.5 Å². The summed E-state index contributed by atoms with van der Waals surface area (Å²) in [6, 6.07) is 12.3. The van der Waals surface area contributed by atoms with Crippen LogP contribution in [0.5, 0.6) is 5.75 Å². The molecule has 0 atom stereocenters. The Labute approximate surface area is 160 Å². The summed E-state index contributed by atoms with van der Waals surface area (Å²) in [5.41, 5.74) is 1.64. The average Bonchev–Trinajstić information content (AvgIpc) is 2.55. The maximum absolute atomic E-state index is 12.1. The average molecular weight is 426 g/mol. The number of benzene rings is 2. The molecular formula is C18H18BrClN2O3. The van der Waals surface area contributed by atoms with Gasteiger partial charge in [-0.15, -0.1) is 0 Å². The molecule has 132 valence electrons.